The van der Waals surface area contributed by atoms with E-state index >= 15 is 0 Å². The maximum atomic E-state index is 11.9. The normalized spacial score (nSPS) is 11.1. The molecular formula is C10H10F3NO3. The predicted molar refractivity (Wildman–Crippen MR) is 53.7 cm³/mol. The highest BCUT2D eigenvalue weighted by molar-refractivity contribution is 5.95. The lowest BCUT2D eigenvalue weighted by Gasteiger charge is -2.10. The molecule has 0 fully saturated rings. The van der Waals surface area contributed by atoms with Crippen molar-refractivity contribution in [2.75, 3.05) is 19.5 Å². The zero-order chi connectivity index (χ0) is 13.1. The Hall–Kier alpha value is -1.92. The highest BCUT2D eigenvalue weighted by Crippen LogP contribution is 2.23. The van der Waals surface area contributed by atoms with Crippen molar-refractivity contribution in [2.45, 2.75) is 6.18 Å². The molecule has 0 unspecified atom stereocenters. The third kappa shape index (κ3) is 3.86. The van der Waals surface area contributed by atoms with Crippen molar-refractivity contribution in [2.24, 2.45) is 0 Å². The predicted octanol–water partition coefficient (Wildman–Crippen LogP) is 2.00. The van der Waals surface area contributed by atoms with E-state index in [1.165, 1.54) is 19.2 Å². The SMILES string of the molecule is COC(=O)c1ccc(OCC(F)(F)F)cc1N. The molecule has 0 aliphatic heterocycles. The lowest BCUT2D eigenvalue weighted by molar-refractivity contribution is -0.153. The number of ether oxygens (including phenoxy) is 2. The van der Waals surface area contributed by atoms with Crippen LogP contribution in [0, 0.1) is 0 Å². The van der Waals surface area contributed by atoms with Crippen LogP contribution < -0.4 is 10.5 Å². The van der Waals surface area contributed by atoms with Crippen LogP contribution in [0.15, 0.2) is 18.2 Å². The summed E-state index contributed by atoms with van der Waals surface area (Å²) in [4.78, 5) is 11.1. The zero-order valence-corrected chi connectivity index (χ0v) is 8.88. The van der Waals surface area contributed by atoms with Crippen LogP contribution >= 0.6 is 0 Å². The average Bonchev–Trinajstić information content (AvgIpc) is 2.24. The summed E-state index contributed by atoms with van der Waals surface area (Å²) in [5, 5.41) is 0. The maximum absolute atomic E-state index is 11.9. The maximum Gasteiger partial charge on any atom is 0.422 e. The van der Waals surface area contributed by atoms with Crippen LogP contribution in [0.4, 0.5) is 18.9 Å². The van der Waals surface area contributed by atoms with Gasteiger partial charge in [0.2, 0.25) is 0 Å². The van der Waals surface area contributed by atoms with Crippen molar-refractivity contribution < 1.29 is 27.4 Å². The van der Waals surface area contributed by atoms with E-state index in [-0.39, 0.29) is 17.0 Å². The van der Waals surface area contributed by atoms with Crippen LogP contribution in [0.2, 0.25) is 0 Å². The van der Waals surface area contributed by atoms with Gasteiger partial charge in [-0.05, 0) is 12.1 Å². The van der Waals surface area contributed by atoms with Crippen LogP contribution in [0.3, 0.4) is 0 Å². The van der Waals surface area contributed by atoms with Gasteiger partial charge in [0.1, 0.15) is 5.75 Å². The molecule has 2 N–H and O–H groups in total. The van der Waals surface area contributed by atoms with E-state index in [1.54, 1.807) is 0 Å². The van der Waals surface area contributed by atoms with Crippen molar-refractivity contribution in [1.82, 2.24) is 0 Å². The minimum absolute atomic E-state index is 0.00322. The molecule has 0 radical (unpaired) electrons. The molecule has 1 aromatic rings. The molecule has 0 saturated carbocycles. The van der Waals surface area contributed by atoms with Crippen molar-refractivity contribution in [1.29, 1.82) is 0 Å². The molecule has 17 heavy (non-hydrogen) atoms. The van der Waals surface area contributed by atoms with Crippen molar-refractivity contribution in [3.63, 3.8) is 0 Å². The van der Waals surface area contributed by atoms with E-state index in [9.17, 15) is 18.0 Å². The summed E-state index contributed by atoms with van der Waals surface area (Å²) in [6, 6.07) is 3.60. The molecule has 4 nitrogen and oxygen atoms in total. The number of hydrogen-bond donors (Lipinski definition) is 1. The van der Waals surface area contributed by atoms with E-state index in [4.69, 9.17) is 5.73 Å². The summed E-state index contributed by atoms with van der Waals surface area (Å²) in [6.45, 7) is -1.41. The van der Waals surface area contributed by atoms with E-state index in [0.717, 1.165) is 6.07 Å². The number of rotatable bonds is 3. The summed E-state index contributed by atoms with van der Waals surface area (Å²) in [6.07, 6.45) is -4.42. The lowest BCUT2D eigenvalue weighted by Crippen LogP contribution is -2.19. The monoisotopic (exact) mass is 249 g/mol. The summed E-state index contributed by atoms with van der Waals surface area (Å²) < 4.78 is 44.5. The molecule has 94 valence electrons. The first-order valence-corrected chi connectivity index (χ1v) is 4.51. The van der Waals surface area contributed by atoms with Gasteiger partial charge in [-0.1, -0.05) is 0 Å². The fourth-order valence-corrected chi connectivity index (χ4v) is 1.09. The largest absolute Gasteiger partial charge is 0.484 e. The standard InChI is InChI=1S/C10H10F3NO3/c1-16-9(15)7-3-2-6(4-8(7)14)17-5-10(11,12)13/h2-4H,5,14H2,1H3. The number of carbonyl (C=O) groups is 1. The lowest BCUT2D eigenvalue weighted by atomic mass is 10.2. The number of methoxy groups -OCH3 is 1. The number of esters is 1. The van der Waals surface area contributed by atoms with Gasteiger partial charge in [0.05, 0.1) is 12.7 Å². The van der Waals surface area contributed by atoms with Gasteiger partial charge in [-0.2, -0.15) is 13.2 Å². The molecule has 0 aliphatic carbocycles. The molecule has 7 heteroatoms. The molecule has 1 rings (SSSR count). The third-order valence-corrected chi connectivity index (χ3v) is 1.83. The van der Waals surface area contributed by atoms with Crippen molar-refractivity contribution >= 4 is 11.7 Å². The number of carbonyl (C=O) groups excluding carboxylic acids is 1. The van der Waals surface area contributed by atoms with Gasteiger partial charge in [-0.25, -0.2) is 4.79 Å². The Morgan fingerprint density at radius 1 is 1.41 bits per heavy atom. The number of hydrogen-bond acceptors (Lipinski definition) is 4. The van der Waals surface area contributed by atoms with Crippen LogP contribution in [-0.2, 0) is 4.74 Å². The van der Waals surface area contributed by atoms with Crippen LogP contribution in [-0.4, -0.2) is 25.9 Å². The number of nitrogen functional groups attached to an aromatic ring is 1. The molecule has 0 heterocycles. The van der Waals surface area contributed by atoms with Gasteiger partial charge in [-0.3, -0.25) is 0 Å². The molecule has 0 aromatic heterocycles. The van der Waals surface area contributed by atoms with Gasteiger partial charge in [0.25, 0.3) is 0 Å². The number of benzene rings is 1. The van der Waals surface area contributed by atoms with Crippen molar-refractivity contribution in [3.8, 4) is 5.75 Å². The van der Waals surface area contributed by atoms with E-state index in [1.807, 2.05) is 0 Å². The number of anilines is 1. The molecule has 0 atom stereocenters. The fraction of sp³-hybridized carbons (Fsp3) is 0.300. The van der Waals surface area contributed by atoms with Crippen LogP contribution in [0.1, 0.15) is 10.4 Å². The fourth-order valence-electron chi connectivity index (χ4n) is 1.09. The third-order valence-electron chi connectivity index (χ3n) is 1.83. The molecule has 1 aromatic carbocycles. The second-order valence-corrected chi connectivity index (χ2v) is 3.14. The number of alkyl halides is 3. The van der Waals surface area contributed by atoms with Gasteiger partial charge in [0.15, 0.2) is 6.61 Å². The van der Waals surface area contributed by atoms with Gasteiger partial charge in [-0.15, -0.1) is 0 Å². The van der Waals surface area contributed by atoms with E-state index in [0.29, 0.717) is 0 Å². The molecule has 0 aliphatic rings. The molecule has 0 bridgehead atoms. The molecule has 0 spiro atoms. The molecule has 0 saturated heterocycles. The highest BCUT2D eigenvalue weighted by Gasteiger charge is 2.28. The number of nitrogens with two attached hydrogens (primary N) is 1. The highest BCUT2D eigenvalue weighted by atomic mass is 19.4. The Balaban J connectivity index is 2.79. The summed E-state index contributed by atoms with van der Waals surface area (Å²) in [5.41, 5.74) is 5.55. The smallest absolute Gasteiger partial charge is 0.422 e. The minimum atomic E-state index is -4.42. The van der Waals surface area contributed by atoms with E-state index < -0.39 is 18.8 Å². The Kier molecular flexibility index (Phi) is 3.82. The minimum Gasteiger partial charge on any atom is -0.484 e. The topological polar surface area (TPSA) is 61.5 Å². The first-order valence-electron chi connectivity index (χ1n) is 4.51. The first-order chi connectivity index (χ1) is 7.83. The Morgan fingerprint density at radius 3 is 2.53 bits per heavy atom. The van der Waals surface area contributed by atoms with Crippen molar-refractivity contribution in [3.05, 3.63) is 23.8 Å². The Morgan fingerprint density at radius 2 is 2.06 bits per heavy atom. The quantitative estimate of drug-likeness (QED) is 0.657. The van der Waals surface area contributed by atoms with Crippen LogP contribution in [0.25, 0.3) is 0 Å². The zero-order valence-electron chi connectivity index (χ0n) is 8.88. The summed E-state index contributed by atoms with van der Waals surface area (Å²) in [7, 11) is 1.18. The second kappa shape index (κ2) is 4.94. The first kappa shape index (κ1) is 13.1. The molecule has 0 amide bonds. The average molecular weight is 249 g/mol. The Bertz CT molecular complexity index is 418. The summed E-state index contributed by atoms with van der Waals surface area (Å²) in [5.74, 6) is -0.725. The molecular weight excluding hydrogens is 239 g/mol. The van der Waals surface area contributed by atoms with Gasteiger partial charge < -0.3 is 15.2 Å². The van der Waals surface area contributed by atoms with Gasteiger partial charge >= 0.3 is 12.1 Å². The Labute approximate surface area is 95.1 Å². The summed E-state index contributed by atoms with van der Waals surface area (Å²) >= 11 is 0. The van der Waals surface area contributed by atoms with Gasteiger partial charge in [0, 0.05) is 11.8 Å². The number of halogens is 3. The second-order valence-electron chi connectivity index (χ2n) is 3.14. The van der Waals surface area contributed by atoms with Crippen LogP contribution in [0.5, 0.6) is 5.75 Å². The van der Waals surface area contributed by atoms with E-state index in [2.05, 4.69) is 9.47 Å².